The van der Waals surface area contributed by atoms with Gasteiger partial charge in [-0.3, -0.25) is 4.68 Å². The fourth-order valence-electron chi connectivity index (χ4n) is 3.63. The van der Waals surface area contributed by atoms with Crippen LogP contribution in [0, 0.1) is 0 Å². The molecule has 2 fully saturated rings. The molecule has 0 aromatic carbocycles. The van der Waals surface area contributed by atoms with Crippen molar-refractivity contribution in [3.05, 3.63) is 36.3 Å². The minimum atomic E-state index is -3.51. The van der Waals surface area contributed by atoms with E-state index in [2.05, 4.69) is 15.0 Å². The van der Waals surface area contributed by atoms with E-state index in [-0.39, 0.29) is 10.9 Å². The van der Waals surface area contributed by atoms with Gasteiger partial charge in [0, 0.05) is 44.6 Å². The number of ether oxygens (including phenoxy) is 1. The number of sulfonamides is 1. The summed E-state index contributed by atoms with van der Waals surface area (Å²) in [6, 6.07) is 3.70. The van der Waals surface area contributed by atoms with Crippen molar-refractivity contribution in [2.45, 2.75) is 23.8 Å². The minimum Gasteiger partial charge on any atom is -0.379 e. The summed E-state index contributed by atoms with van der Waals surface area (Å²) in [5.41, 5.74) is 1.16. The van der Waals surface area contributed by atoms with Crippen LogP contribution in [0.2, 0.25) is 0 Å². The maximum Gasteiger partial charge on any atom is 0.244 e. The SMILES string of the molecule is Cn1cc(C2CCCN2c2ccc(S(=O)(=O)N3CCOCC3)cn2)cn1. The number of nitrogens with zero attached hydrogens (tertiary/aromatic N) is 5. The van der Waals surface area contributed by atoms with Crippen LogP contribution >= 0.6 is 0 Å². The Balaban J connectivity index is 1.55. The van der Waals surface area contributed by atoms with Crippen molar-refractivity contribution >= 4 is 15.8 Å². The molecule has 4 heterocycles. The van der Waals surface area contributed by atoms with Gasteiger partial charge in [-0.05, 0) is 25.0 Å². The number of hydrogen-bond acceptors (Lipinski definition) is 6. The van der Waals surface area contributed by atoms with Crippen molar-refractivity contribution in [3.8, 4) is 0 Å². The van der Waals surface area contributed by atoms with Gasteiger partial charge in [0.2, 0.25) is 10.0 Å². The number of aromatic nitrogens is 3. The van der Waals surface area contributed by atoms with E-state index in [1.54, 1.807) is 10.7 Å². The molecule has 140 valence electrons. The Kier molecular flexibility index (Phi) is 4.68. The zero-order valence-electron chi connectivity index (χ0n) is 14.8. The summed E-state index contributed by atoms with van der Waals surface area (Å²) in [6.45, 7) is 2.55. The summed E-state index contributed by atoms with van der Waals surface area (Å²) in [6.07, 6.45) is 7.51. The monoisotopic (exact) mass is 377 g/mol. The smallest absolute Gasteiger partial charge is 0.244 e. The number of pyridine rings is 1. The van der Waals surface area contributed by atoms with E-state index in [0.29, 0.717) is 26.3 Å². The molecular formula is C17H23N5O3S. The van der Waals surface area contributed by atoms with Crippen molar-refractivity contribution in [2.75, 3.05) is 37.7 Å². The Hall–Kier alpha value is -1.97. The molecule has 8 nitrogen and oxygen atoms in total. The Morgan fingerprint density at radius 2 is 1.96 bits per heavy atom. The second-order valence-electron chi connectivity index (χ2n) is 6.67. The van der Waals surface area contributed by atoms with Crippen LogP contribution in [0.25, 0.3) is 0 Å². The molecule has 1 unspecified atom stereocenters. The van der Waals surface area contributed by atoms with Gasteiger partial charge in [0.25, 0.3) is 0 Å². The van der Waals surface area contributed by atoms with Crippen molar-refractivity contribution < 1.29 is 13.2 Å². The van der Waals surface area contributed by atoms with Gasteiger partial charge in [0.15, 0.2) is 0 Å². The fraction of sp³-hybridized carbons (Fsp3) is 0.529. The van der Waals surface area contributed by atoms with Gasteiger partial charge in [-0.1, -0.05) is 0 Å². The van der Waals surface area contributed by atoms with Crippen molar-refractivity contribution in [3.63, 3.8) is 0 Å². The zero-order chi connectivity index (χ0) is 18.1. The number of rotatable bonds is 4. The average molecular weight is 377 g/mol. The molecule has 0 aliphatic carbocycles. The third-order valence-corrected chi connectivity index (χ3v) is 6.87. The summed E-state index contributed by atoms with van der Waals surface area (Å²) in [5.74, 6) is 0.803. The number of morpholine rings is 1. The van der Waals surface area contributed by atoms with Crippen LogP contribution < -0.4 is 4.90 Å². The predicted molar refractivity (Wildman–Crippen MR) is 96.3 cm³/mol. The normalized spacial score (nSPS) is 22.0. The first-order valence-corrected chi connectivity index (χ1v) is 10.3. The zero-order valence-corrected chi connectivity index (χ0v) is 15.6. The molecule has 0 spiro atoms. The van der Waals surface area contributed by atoms with Gasteiger partial charge >= 0.3 is 0 Å². The molecule has 9 heteroatoms. The number of aryl methyl sites for hydroxylation is 1. The molecule has 0 radical (unpaired) electrons. The van der Waals surface area contributed by atoms with Gasteiger partial charge in [-0.25, -0.2) is 13.4 Å². The fourth-order valence-corrected chi connectivity index (χ4v) is 4.98. The minimum absolute atomic E-state index is 0.234. The second-order valence-corrected chi connectivity index (χ2v) is 8.61. The molecule has 2 aromatic heterocycles. The lowest BCUT2D eigenvalue weighted by molar-refractivity contribution is 0.0730. The Bertz CT molecular complexity index is 859. The maximum atomic E-state index is 12.7. The van der Waals surface area contributed by atoms with Gasteiger partial charge < -0.3 is 9.64 Å². The summed E-state index contributed by atoms with van der Waals surface area (Å²) in [7, 11) is -1.60. The van der Waals surface area contributed by atoms with Crippen molar-refractivity contribution in [1.82, 2.24) is 19.1 Å². The standard InChI is InChI=1S/C17H23N5O3S/c1-20-13-14(11-19-20)16-3-2-6-22(16)17-5-4-15(12-18-17)26(23,24)21-7-9-25-10-8-21/h4-5,11-13,16H,2-3,6-10H2,1H3. The molecule has 2 aromatic rings. The van der Waals surface area contributed by atoms with E-state index >= 15 is 0 Å². The highest BCUT2D eigenvalue weighted by atomic mass is 32.2. The lowest BCUT2D eigenvalue weighted by Gasteiger charge is -2.27. The van der Waals surface area contributed by atoms with E-state index < -0.39 is 10.0 Å². The lowest BCUT2D eigenvalue weighted by atomic mass is 10.1. The molecule has 2 saturated heterocycles. The Labute approximate surface area is 153 Å². The van der Waals surface area contributed by atoms with Gasteiger partial charge in [-0.15, -0.1) is 0 Å². The summed E-state index contributed by atoms with van der Waals surface area (Å²) < 4.78 is 33.9. The van der Waals surface area contributed by atoms with Crippen LogP contribution in [0.4, 0.5) is 5.82 Å². The molecule has 0 N–H and O–H groups in total. The topological polar surface area (TPSA) is 80.6 Å². The summed E-state index contributed by atoms with van der Waals surface area (Å²) >= 11 is 0. The van der Waals surface area contributed by atoms with E-state index in [0.717, 1.165) is 30.8 Å². The first-order valence-electron chi connectivity index (χ1n) is 8.85. The highest BCUT2D eigenvalue weighted by Gasteiger charge is 2.30. The van der Waals surface area contributed by atoms with Crippen LogP contribution in [0.15, 0.2) is 35.6 Å². The molecule has 0 amide bonds. The quantitative estimate of drug-likeness (QED) is 0.796. The molecule has 0 saturated carbocycles. The Morgan fingerprint density at radius 1 is 1.15 bits per heavy atom. The molecule has 26 heavy (non-hydrogen) atoms. The van der Waals surface area contributed by atoms with E-state index in [1.807, 2.05) is 25.5 Å². The maximum absolute atomic E-state index is 12.7. The number of hydrogen-bond donors (Lipinski definition) is 0. The summed E-state index contributed by atoms with van der Waals surface area (Å²) in [4.78, 5) is 6.93. The predicted octanol–water partition coefficient (Wildman–Crippen LogP) is 1.18. The summed E-state index contributed by atoms with van der Waals surface area (Å²) in [5, 5.41) is 4.26. The number of anilines is 1. The van der Waals surface area contributed by atoms with Gasteiger partial charge in [0.05, 0.1) is 25.5 Å². The Morgan fingerprint density at radius 3 is 2.62 bits per heavy atom. The molecule has 0 bridgehead atoms. The first kappa shape index (κ1) is 17.4. The lowest BCUT2D eigenvalue weighted by Crippen LogP contribution is -2.40. The third kappa shape index (κ3) is 3.22. The molecule has 4 rings (SSSR count). The largest absolute Gasteiger partial charge is 0.379 e. The average Bonchev–Trinajstić information content (AvgIpc) is 3.31. The van der Waals surface area contributed by atoms with E-state index in [1.165, 1.54) is 10.5 Å². The highest BCUT2D eigenvalue weighted by Crippen LogP contribution is 2.35. The van der Waals surface area contributed by atoms with Crippen molar-refractivity contribution in [1.29, 1.82) is 0 Å². The van der Waals surface area contributed by atoms with Crippen LogP contribution in [0.1, 0.15) is 24.4 Å². The first-order chi connectivity index (χ1) is 12.6. The van der Waals surface area contributed by atoms with Crippen LogP contribution in [0.3, 0.4) is 0 Å². The third-order valence-electron chi connectivity index (χ3n) is 4.99. The molecule has 2 aliphatic heterocycles. The van der Waals surface area contributed by atoms with E-state index in [4.69, 9.17) is 4.74 Å². The van der Waals surface area contributed by atoms with Crippen molar-refractivity contribution in [2.24, 2.45) is 7.05 Å². The van der Waals surface area contributed by atoms with Crippen LogP contribution in [-0.2, 0) is 21.8 Å². The highest BCUT2D eigenvalue weighted by molar-refractivity contribution is 7.89. The van der Waals surface area contributed by atoms with Crippen LogP contribution in [0.5, 0.6) is 0 Å². The second kappa shape index (κ2) is 6.98. The van der Waals surface area contributed by atoms with Gasteiger partial charge in [0.1, 0.15) is 10.7 Å². The van der Waals surface area contributed by atoms with Crippen LogP contribution in [-0.4, -0.2) is 60.3 Å². The molecule has 1 atom stereocenters. The van der Waals surface area contributed by atoms with Gasteiger partial charge in [-0.2, -0.15) is 9.40 Å². The van der Waals surface area contributed by atoms with E-state index in [9.17, 15) is 8.42 Å². The molecule has 2 aliphatic rings. The molecular weight excluding hydrogens is 354 g/mol.